The molecule has 0 amide bonds. The van der Waals surface area contributed by atoms with Crippen molar-refractivity contribution in [3.05, 3.63) is 23.2 Å². The maximum absolute atomic E-state index is 10.8. The summed E-state index contributed by atoms with van der Waals surface area (Å²) in [5, 5.41) is 21.2. The summed E-state index contributed by atoms with van der Waals surface area (Å²) in [5.41, 5.74) is 0.199. The minimum Gasteiger partial charge on any atom is -0.478 e. The van der Waals surface area contributed by atoms with Gasteiger partial charge in [0.05, 0.1) is 12.6 Å². The third kappa shape index (κ3) is 4.20. The Bertz CT molecular complexity index is 384. The number of aromatic carboxylic acids is 1. The molecule has 0 saturated carbocycles. The number of aryl methyl sites for hydroxylation is 1. The molecule has 0 aliphatic rings. The van der Waals surface area contributed by atoms with Crippen molar-refractivity contribution in [1.29, 1.82) is 0 Å². The summed E-state index contributed by atoms with van der Waals surface area (Å²) in [4.78, 5) is 10.8. The zero-order valence-electron chi connectivity index (χ0n) is 10.4. The van der Waals surface area contributed by atoms with Gasteiger partial charge in [0.15, 0.2) is 0 Å². The largest absolute Gasteiger partial charge is 0.478 e. The lowest BCUT2D eigenvalue weighted by Crippen LogP contribution is -2.28. The molecule has 96 valence electrons. The van der Waals surface area contributed by atoms with Gasteiger partial charge in [-0.05, 0) is 33.3 Å². The van der Waals surface area contributed by atoms with E-state index in [4.69, 9.17) is 9.52 Å². The highest BCUT2D eigenvalue weighted by Gasteiger charge is 2.14. The molecule has 5 nitrogen and oxygen atoms in total. The molecule has 1 heterocycles. The second-order valence-electron chi connectivity index (χ2n) is 4.35. The Morgan fingerprint density at radius 3 is 2.65 bits per heavy atom. The molecule has 0 fully saturated rings. The molecule has 0 aromatic carbocycles. The molecule has 0 spiro atoms. The minimum absolute atomic E-state index is 0.147. The van der Waals surface area contributed by atoms with E-state index in [9.17, 15) is 9.90 Å². The number of hydrogen-bond donors (Lipinski definition) is 3. The predicted molar refractivity (Wildman–Crippen MR) is 63.0 cm³/mol. The molecule has 5 heteroatoms. The van der Waals surface area contributed by atoms with Crippen molar-refractivity contribution in [2.24, 2.45) is 0 Å². The zero-order valence-corrected chi connectivity index (χ0v) is 10.4. The Kier molecular flexibility index (Phi) is 4.72. The molecule has 1 rings (SSSR count). The van der Waals surface area contributed by atoms with E-state index in [-0.39, 0.29) is 17.7 Å². The van der Waals surface area contributed by atoms with Crippen molar-refractivity contribution >= 4 is 5.97 Å². The Morgan fingerprint density at radius 1 is 1.53 bits per heavy atom. The van der Waals surface area contributed by atoms with Crippen LogP contribution in [0.3, 0.4) is 0 Å². The van der Waals surface area contributed by atoms with Gasteiger partial charge in [0, 0.05) is 6.04 Å². The Balaban J connectivity index is 2.52. The lowest BCUT2D eigenvalue weighted by molar-refractivity contribution is 0.0695. The second kappa shape index (κ2) is 5.84. The van der Waals surface area contributed by atoms with Crippen LogP contribution in [0.2, 0.25) is 0 Å². The first-order valence-corrected chi connectivity index (χ1v) is 5.64. The lowest BCUT2D eigenvalue weighted by Gasteiger charge is -2.14. The van der Waals surface area contributed by atoms with Gasteiger partial charge in [0.1, 0.15) is 17.1 Å². The molecule has 0 aliphatic heterocycles. The van der Waals surface area contributed by atoms with Crippen LogP contribution in [0.4, 0.5) is 0 Å². The molecule has 2 unspecified atom stereocenters. The Labute approximate surface area is 100 Å². The van der Waals surface area contributed by atoms with Gasteiger partial charge in [-0.3, -0.25) is 0 Å². The first-order chi connectivity index (χ1) is 7.90. The van der Waals surface area contributed by atoms with E-state index in [0.717, 1.165) is 0 Å². The van der Waals surface area contributed by atoms with Crippen molar-refractivity contribution in [2.45, 2.75) is 45.9 Å². The summed E-state index contributed by atoms with van der Waals surface area (Å²) in [5.74, 6) is 0.0318. The molecule has 0 aliphatic carbocycles. The summed E-state index contributed by atoms with van der Waals surface area (Å²) < 4.78 is 5.33. The van der Waals surface area contributed by atoms with Crippen LogP contribution in [0.1, 0.15) is 42.1 Å². The van der Waals surface area contributed by atoms with Crippen LogP contribution in [-0.4, -0.2) is 28.3 Å². The fourth-order valence-electron chi connectivity index (χ4n) is 1.71. The number of rotatable bonds is 6. The highest BCUT2D eigenvalue weighted by Crippen LogP contribution is 2.14. The molecule has 1 aromatic heterocycles. The maximum Gasteiger partial charge on any atom is 0.339 e. The molecule has 0 radical (unpaired) electrons. The van der Waals surface area contributed by atoms with Gasteiger partial charge in [-0.1, -0.05) is 0 Å². The highest BCUT2D eigenvalue weighted by molar-refractivity contribution is 5.88. The third-order valence-corrected chi connectivity index (χ3v) is 2.52. The lowest BCUT2D eigenvalue weighted by atomic mass is 10.1. The van der Waals surface area contributed by atoms with E-state index in [0.29, 0.717) is 24.5 Å². The summed E-state index contributed by atoms with van der Waals surface area (Å²) in [6.07, 6.45) is 0.288. The fraction of sp³-hybridized carbons (Fsp3) is 0.583. The Morgan fingerprint density at radius 2 is 2.18 bits per heavy atom. The van der Waals surface area contributed by atoms with Gasteiger partial charge < -0.3 is 19.9 Å². The average molecular weight is 241 g/mol. The number of carbonyl (C=O) groups is 1. The van der Waals surface area contributed by atoms with Gasteiger partial charge in [-0.15, -0.1) is 0 Å². The first-order valence-electron chi connectivity index (χ1n) is 5.64. The normalized spacial score (nSPS) is 14.6. The van der Waals surface area contributed by atoms with Gasteiger partial charge in [0.25, 0.3) is 0 Å². The number of nitrogens with one attached hydrogen (secondary N) is 1. The number of aliphatic hydroxyl groups is 1. The molecule has 0 bridgehead atoms. The van der Waals surface area contributed by atoms with Crippen LogP contribution >= 0.6 is 0 Å². The molecule has 1 aromatic rings. The van der Waals surface area contributed by atoms with Crippen LogP contribution in [0, 0.1) is 6.92 Å². The molecule has 17 heavy (non-hydrogen) atoms. The smallest absolute Gasteiger partial charge is 0.339 e. The maximum atomic E-state index is 10.8. The van der Waals surface area contributed by atoms with Crippen LogP contribution < -0.4 is 5.32 Å². The summed E-state index contributed by atoms with van der Waals surface area (Å²) in [7, 11) is 0. The van der Waals surface area contributed by atoms with E-state index in [2.05, 4.69) is 5.32 Å². The first kappa shape index (κ1) is 13.7. The van der Waals surface area contributed by atoms with E-state index in [1.165, 1.54) is 6.07 Å². The highest BCUT2D eigenvalue weighted by atomic mass is 16.4. The predicted octanol–water partition coefficient (Wildman–Crippen LogP) is 1.54. The fourth-order valence-corrected chi connectivity index (χ4v) is 1.71. The van der Waals surface area contributed by atoms with Crippen molar-refractivity contribution in [3.63, 3.8) is 0 Å². The topological polar surface area (TPSA) is 82.7 Å². The molecule has 3 N–H and O–H groups in total. The molecular weight excluding hydrogens is 222 g/mol. The van der Waals surface area contributed by atoms with E-state index in [1.807, 2.05) is 6.92 Å². The van der Waals surface area contributed by atoms with Gasteiger partial charge in [-0.25, -0.2) is 4.79 Å². The zero-order chi connectivity index (χ0) is 13.0. The average Bonchev–Trinajstić information content (AvgIpc) is 2.56. The summed E-state index contributed by atoms with van der Waals surface area (Å²) in [6, 6.07) is 1.67. The van der Waals surface area contributed by atoms with Gasteiger partial charge in [0.2, 0.25) is 0 Å². The van der Waals surface area contributed by atoms with E-state index < -0.39 is 5.97 Å². The third-order valence-electron chi connectivity index (χ3n) is 2.52. The number of carboxylic acids is 1. The van der Waals surface area contributed by atoms with Gasteiger partial charge >= 0.3 is 5.97 Å². The van der Waals surface area contributed by atoms with Crippen LogP contribution in [0.25, 0.3) is 0 Å². The van der Waals surface area contributed by atoms with Crippen LogP contribution in [0.5, 0.6) is 0 Å². The molecule has 2 atom stereocenters. The number of furan rings is 1. The van der Waals surface area contributed by atoms with Crippen molar-refractivity contribution < 1.29 is 19.4 Å². The van der Waals surface area contributed by atoms with Crippen LogP contribution in [-0.2, 0) is 6.54 Å². The van der Waals surface area contributed by atoms with Crippen molar-refractivity contribution in [3.8, 4) is 0 Å². The second-order valence-corrected chi connectivity index (χ2v) is 4.35. The quantitative estimate of drug-likeness (QED) is 0.703. The van der Waals surface area contributed by atoms with Crippen molar-refractivity contribution in [2.75, 3.05) is 0 Å². The summed E-state index contributed by atoms with van der Waals surface area (Å²) in [6.45, 7) is 5.78. The van der Waals surface area contributed by atoms with E-state index in [1.54, 1.807) is 13.8 Å². The Hall–Kier alpha value is -1.33. The number of aliphatic hydroxyl groups excluding tert-OH is 1. The van der Waals surface area contributed by atoms with Crippen molar-refractivity contribution in [1.82, 2.24) is 5.32 Å². The van der Waals surface area contributed by atoms with Crippen LogP contribution in [0.15, 0.2) is 10.5 Å². The monoisotopic (exact) mass is 241 g/mol. The molecular formula is C12H19NO4. The SMILES string of the molecule is Cc1oc(CNC(C)CC(C)O)cc1C(=O)O. The summed E-state index contributed by atoms with van der Waals surface area (Å²) >= 11 is 0. The number of carboxylic acid groups (broad SMARTS) is 1. The van der Waals surface area contributed by atoms with Gasteiger partial charge in [-0.2, -0.15) is 0 Å². The van der Waals surface area contributed by atoms with E-state index >= 15 is 0 Å². The molecule has 0 saturated heterocycles. The minimum atomic E-state index is -0.977. The standard InChI is InChI=1S/C12H19NO4/c1-7(4-8(2)14)13-6-10-5-11(12(15)16)9(3)17-10/h5,7-8,13-14H,4,6H2,1-3H3,(H,15,16). The number of hydrogen-bond acceptors (Lipinski definition) is 4.